The van der Waals surface area contributed by atoms with Crippen LogP contribution in [-0.2, 0) is 9.53 Å². The number of nitrogens with two attached hydrogens (primary N) is 1. The highest BCUT2D eigenvalue weighted by Gasteiger charge is 2.57. The minimum absolute atomic E-state index is 0.164. The second-order valence-electron chi connectivity index (χ2n) is 11.3. The molecule has 0 radical (unpaired) electrons. The summed E-state index contributed by atoms with van der Waals surface area (Å²) in [6.07, 6.45) is 5.05. The largest absolute Gasteiger partial charge is 0.456 e. The Hall–Kier alpha value is -2.66. The summed E-state index contributed by atoms with van der Waals surface area (Å²) in [5.41, 5.74) is 9.62. The average Bonchev–Trinajstić information content (AvgIpc) is 3.70. The molecule has 5 rings (SSSR count). The average molecular weight is 447 g/mol. The molecular formula is C28H34N2O3. The first-order valence-electron chi connectivity index (χ1n) is 12.1. The van der Waals surface area contributed by atoms with E-state index < -0.39 is 11.1 Å². The summed E-state index contributed by atoms with van der Waals surface area (Å²) < 4.78 is 5.45. The second-order valence-corrected chi connectivity index (χ2v) is 11.3. The molecule has 2 saturated carbocycles. The van der Waals surface area contributed by atoms with Crippen LogP contribution in [0.1, 0.15) is 74.7 Å². The van der Waals surface area contributed by atoms with Gasteiger partial charge in [-0.2, -0.15) is 0 Å². The molecule has 174 valence electrons. The molecule has 1 atom stereocenters. The minimum Gasteiger partial charge on any atom is -0.456 e. The van der Waals surface area contributed by atoms with Gasteiger partial charge in [-0.1, -0.05) is 36.4 Å². The van der Waals surface area contributed by atoms with Crippen molar-refractivity contribution in [3.8, 4) is 11.1 Å². The number of amides is 1. The van der Waals surface area contributed by atoms with Gasteiger partial charge < -0.3 is 15.4 Å². The van der Waals surface area contributed by atoms with Crippen LogP contribution in [0.15, 0.2) is 48.5 Å². The predicted molar refractivity (Wildman–Crippen MR) is 129 cm³/mol. The van der Waals surface area contributed by atoms with E-state index in [1.807, 2.05) is 49.9 Å². The zero-order valence-corrected chi connectivity index (χ0v) is 19.9. The normalized spacial score (nSPS) is 22.7. The van der Waals surface area contributed by atoms with Crippen molar-refractivity contribution in [3.63, 3.8) is 0 Å². The highest BCUT2D eigenvalue weighted by molar-refractivity contribution is 5.90. The Morgan fingerprint density at radius 3 is 1.97 bits per heavy atom. The van der Waals surface area contributed by atoms with Gasteiger partial charge >= 0.3 is 5.97 Å². The van der Waals surface area contributed by atoms with E-state index in [4.69, 9.17) is 10.5 Å². The molecule has 2 N–H and O–H groups in total. The van der Waals surface area contributed by atoms with Crippen LogP contribution in [0.5, 0.6) is 0 Å². The second kappa shape index (κ2) is 7.69. The molecule has 2 aliphatic carbocycles. The highest BCUT2D eigenvalue weighted by atomic mass is 16.6. The van der Waals surface area contributed by atoms with E-state index in [0.717, 1.165) is 49.9 Å². The number of ether oxygens (including phenoxy) is 1. The molecule has 5 nitrogen and oxygen atoms in total. The summed E-state index contributed by atoms with van der Waals surface area (Å²) in [5, 5.41) is 0. The summed E-state index contributed by atoms with van der Waals surface area (Å²) in [7, 11) is 0. The number of rotatable bonds is 4. The lowest BCUT2D eigenvalue weighted by atomic mass is 9.88. The third-order valence-corrected chi connectivity index (χ3v) is 7.62. The number of carbonyl (C=O) groups excluding carboxylic acids is 2. The van der Waals surface area contributed by atoms with Gasteiger partial charge in [-0.15, -0.1) is 0 Å². The monoisotopic (exact) mass is 446 g/mol. The first-order chi connectivity index (χ1) is 15.6. The molecule has 1 aliphatic heterocycles. The quantitative estimate of drug-likeness (QED) is 0.678. The molecule has 33 heavy (non-hydrogen) atoms. The van der Waals surface area contributed by atoms with Crippen molar-refractivity contribution >= 4 is 11.9 Å². The van der Waals surface area contributed by atoms with E-state index >= 15 is 0 Å². The number of esters is 1. The Labute approximate surface area is 196 Å². The van der Waals surface area contributed by atoms with Gasteiger partial charge in [0.25, 0.3) is 0 Å². The molecule has 5 heteroatoms. The number of hydrogen-bond acceptors (Lipinski definition) is 4. The van der Waals surface area contributed by atoms with Crippen molar-refractivity contribution in [1.82, 2.24) is 4.90 Å². The fourth-order valence-corrected chi connectivity index (χ4v) is 5.23. The molecule has 1 amide bonds. The molecule has 3 aliphatic rings. The summed E-state index contributed by atoms with van der Waals surface area (Å²) in [6.45, 7) is 7.30. The molecule has 1 spiro atoms. The summed E-state index contributed by atoms with van der Waals surface area (Å²) in [6, 6.07) is 16.4. The van der Waals surface area contributed by atoms with Crippen molar-refractivity contribution in [2.75, 3.05) is 13.1 Å². The Morgan fingerprint density at radius 1 is 0.909 bits per heavy atom. The molecule has 3 fully saturated rings. The Morgan fingerprint density at radius 2 is 1.45 bits per heavy atom. The lowest BCUT2D eigenvalue weighted by Gasteiger charge is -2.34. The topological polar surface area (TPSA) is 72.6 Å². The summed E-state index contributed by atoms with van der Waals surface area (Å²) in [4.78, 5) is 26.8. The van der Waals surface area contributed by atoms with Crippen LogP contribution < -0.4 is 5.73 Å². The first kappa shape index (κ1) is 22.1. The third-order valence-electron chi connectivity index (χ3n) is 7.62. The molecule has 1 unspecified atom stereocenters. The molecule has 1 heterocycles. The van der Waals surface area contributed by atoms with Gasteiger partial charge in [-0.25, -0.2) is 4.79 Å². The van der Waals surface area contributed by atoms with Crippen LogP contribution in [0, 0.1) is 5.41 Å². The van der Waals surface area contributed by atoms with E-state index in [1.165, 1.54) is 12.0 Å². The molecule has 2 aromatic rings. The SMILES string of the molecule is CC(C)(C)OC(=O)c1ccc(-c2ccc(C3CC34CCN(C(=O)C3(N)CC3)CC4)cc2)cc1. The fraction of sp³-hybridized carbons (Fsp3) is 0.500. The molecule has 2 aromatic carbocycles. The van der Waals surface area contributed by atoms with Crippen molar-refractivity contribution in [3.05, 3.63) is 59.7 Å². The van der Waals surface area contributed by atoms with E-state index in [-0.39, 0.29) is 11.9 Å². The van der Waals surface area contributed by atoms with Gasteiger partial charge in [0, 0.05) is 13.1 Å². The van der Waals surface area contributed by atoms with Gasteiger partial charge in [0.15, 0.2) is 0 Å². The lowest BCUT2D eigenvalue weighted by Crippen LogP contribution is -2.49. The number of hydrogen-bond donors (Lipinski definition) is 1. The van der Waals surface area contributed by atoms with Gasteiger partial charge in [-0.05, 0) is 93.0 Å². The summed E-state index contributed by atoms with van der Waals surface area (Å²) in [5.74, 6) is 0.456. The van der Waals surface area contributed by atoms with E-state index in [1.54, 1.807) is 0 Å². The zero-order valence-electron chi connectivity index (χ0n) is 19.9. The standard InChI is InChI=1S/C28H34N2O3/c1-26(2,3)33-24(31)22-10-6-20(7-11-22)19-4-8-21(9-5-19)23-18-27(23)14-16-30(17-15-27)25(32)28(29)12-13-28/h4-11,23H,12-18,29H2,1-3H3. The molecular weight excluding hydrogens is 412 g/mol. The Bertz CT molecular complexity index is 1050. The van der Waals surface area contributed by atoms with Crippen LogP contribution >= 0.6 is 0 Å². The van der Waals surface area contributed by atoms with Crippen molar-refractivity contribution < 1.29 is 14.3 Å². The Balaban J connectivity index is 1.20. The molecule has 0 aromatic heterocycles. The van der Waals surface area contributed by atoms with E-state index in [9.17, 15) is 9.59 Å². The number of piperidine rings is 1. The highest BCUT2D eigenvalue weighted by Crippen LogP contribution is 2.65. The van der Waals surface area contributed by atoms with Crippen LogP contribution in [-0.4, -0.2) is 41.0 Å². The first-order valence-corrected chi connectivity index (χ1v) is 12.1. The molecule has 1 saturated heterocycles. The van der Waals surface area contributed by atoms with Gasteiger partial charge in [0.1, 0.15) is 5.60 Å². The number of likely N-dealkylation sites (tertiary alicyclic amines) is 1. The van der Waals surface area contributed by atoms with Crippen molar-refractivity contribution in [2.24, 2.45) is 11.1 Å². The molecule has 0 bridgehead atoms. The number of benzene rings is 2. The number of carbonyl (C=O) groups is 2. The van der Waals surface area contributed by atoms with Gasteiger partial charge in [0.05, 0.1) is 11.1 Å². The smallest absolute Gasteiger partial charge is 0.338 e. The van der Waals surface area contributed by atoms with Crippen molar-refractivity contribution in [1.29, 1.82) is 0 Å². The summed E-state index contributed by atoms with van der Waals surface area (Å²) >= 11 is 0. The van der Waals surface area contributed by atoms with E-state index in [2.05, 4.69) is 24.3 Å². The maximum Gasteiger partial charge on any atom is 0.338 e. The Kier molecular flexibility index (Phi) is 5.16. The maximum absolute atomic E-state index is 12.5. The van der Waals surface area contributed by atoms with Crippen LogP contribution in [0.25, 0.3) is 11.1 Å². The predicted octanol–water partition coefficient (Wildman–Crippen LogP) is 4.90. The lowest BCUT2D eigenvalue weighted by molar-refractivity contribution is -0.135. The van der Waals surface area contributed by atoms with Crippen molar-refractivity contribution in [2.45, 2.75) is 69.9 Å². The zero-order chi connectivity index (χ0) is 23.4. The van der Waals surface area contributed by atoms with Gasteiger partial charge in [0.2, 0.25) is 5.91 Å². The van der Waals surface area contributed by atoms with Crippen LogP contribution in [0.3, 0.4) is 0 Å². The van der Waals surface area contributed by atoms with Gasteiger partial charge in [-0.3, -0.25) is 4.79 Å². The van der Waals surface area contributed by atoms with Crippen LogP contribution in [0.2, 0.25) is 0 Å². The van der Waals surface area contributed by atoms with Crippen LogP contribution in [0.4, 0.5) is 0 Å². The maximum atomic E-state index is 12.5. The third kappa shape index (κ3) is 4.43. The fourth-order valence-electron chi connectivity index (χ4n) is 5.23. The number of nitrogens with zero attached hydrogens (tertiary/aromatic N) is 1. The minimum atomic E-state index is -0.547. The van der Waals surface area contributed by atoms with E-state index in [0.29, 0.717) is 16.9 Å².